The number of hydrogen-bond donors (Lipinski definition) is 3. The molecular formula is C90H93F3N18O18S. The highest BCUT2D eigenvalue weighted by molar-refractivity contribution is 7.88. The molecule has 0 saturated heterocycles. The van der Waals surface area contributed by atoms with Gasteiger partial charge in [0.05, 0.1) is 75.5 Å². The second-order valence-corrected chi connectivity index (χ2v) is 29.6. The maximum Gasteiger partial charge on any atom is 0.534 e. The molecule has 678 valence electrons. The first-order valence-electron chi connectivity index (χ1n) is 41.0. The highest BCUT2D eigenvalue weighted by atomic mass is 32.2. The molecular weight excluding hydrogens is 1710 g/mol. The summed E-state index contributed by atoms with van der Waals surface area (Å²) in [6.45, 7) is 24.2. The molecule has 0 aliphatic carbocycles. The number of nitrogens with one attached hydrogen (secondary N) is 2. The number of rotatable bonds is 32. The maximum absolute atomic E-state index is 13.7. The predicted octanol–water partition coefficient (Wildman–Crippen LogP) is 11.1. The number of esters is 3. The number of benzene rings is 4. The van der Waals surface area contributed by atoms with Crippen LogP contribution in [-0.4, -0.2) is 152 Å². The fourth-order valence-electron chi connectivity index (χ4n) is 13.2. The van der Waals surface area contributed by atoms with Crippen LogP contribution < -0.4 is 66.2 Å². The third-order valence-electron chi connectivity index (χ3n) is 19.7. The van der Waals surface area contributed by atoms with E-state index in [0.717, 1.165) is 92.5 Å². The van der Waals surface area contributed by atoms with Crippen LogP contribution in [0.3, 0.4) is 0 Å². The molecule has 36 nitrogen and oxygen atoms in total. The number of aromatic hydroxyl groups is 1. The zero-order valence-electron chi connectivity index (χ0n) is 72.7. The molecule has 0 bridgehead atoms. The minimum absolute atomic E-state index is 0.0604. The SMILES string of the molecule is CCN(CC)c1ccc(CNc2cc(=O)n(OCc3ccccc3)c3ncnc(C)c23)cn1.CCOC(=O)c1c(NCc2ccc(N(CC)CC)nc2)c2c(C)ncnc2n(OCc2ccccc2)c1=O.CCOC(=O)c1c(O)c2c(C)ncnc2n(OCc2ccccc2)c1=O.CCOC(=O)c1c(OS(=O)(=O)C(F)(F)F)c2c(C)ncnc2n(OCc2ccccc2)c1=O. The lowest BCUT2D eigenvalue weighted by Gasteiger charge is -2.20. The Balaban J connectivity index is 0.000000169. The van der Waals surface area contributed by atoms with Crippen LogP contribution in [0.25, 0.3) is 44.1 Å². The van der Waals surface area contributed by atoms with Crippen LogP contribution in [0.2, 0.25) is 0 Å². The number of carbonyl (C=O) groups is 3. The van der Waals surface area contributed by atoms with E-state index in [2.05, 4.69) is 102 Å². The number of aryl methyl sites for hydroxylation is 4. The van der Waals surface area contributed by atoms with Gasteiger partial charge in [-0.1, -0.05) is 133 Å². The summed E-state index contributed by atoms with van der Waals surface area (Å²) in [6.07, 6.45) is 8.67. The molecule has 0 radical (unpaired) electrons. The van der Waals surface area contributed by atoms with E-state index in [4.69, 9.17) is 33.6 Å². The molecule has 130 heavy (non-hydrogen) atoms. The number of fused-ring (bicyclic) bond motifs is 4. The van der Waals surface area contributed by atoms with Crippen molar-refractivity contribution in [2.24, 2.45) is 0 Å². The number of anilines is 4. The number of alkyl halides is 3. The summed E-state index contributed by atoms with van der Waals surface area (Å²) in [5, 5.41) is 18.0. The average molecular weight is 1800 g/mol. The number of nitrogens with zero attached hydrogens (tertiary/aromatic N) is 16. The highest BCUT2D eigenvalue weighted by Gasteiger charge is 2.50. The molecule has 3 N–H and O–H groups in total. The smallest absolute Gasteiger partial charge is 0.506 e. The summed E-state index contributed by atoms with van der Waals surface area (Å²) >= 11 is 0. The van der Waals surface area contributed by atoms with Gasteiger partial charge < -0.3 is 63.3 Å². The van der Waals surface area contributed by atoms with Gasteiger partial charge in [-0.25, -0.2) is 64.2 Å². The zero-order valence-corrected chi connectivity index (χ0v) is 73.5. The summed E-state index contributed by atoms with van der Waals surface area (Å²) in [5.41, 5.74) is -2.67. The Morgan fingerprint density at radius 1 is 0.408 bits per heavy atom. The quantitative estimate of drug-likeness (QED) is 0.0153. The Kier molecular flexibility index (Phi) is 32.3. The van der Waals surface area contributed by atoms with Gasteiger partial charge in [-0.2, -0.15) is 21.6 Å². The Bertz CT molecular complexity index is 6700. The van der Waals surface area contributed by atoms with Crippen LogP contribution in [0.15, 0.2) is 209 Å². The molecule has 0 aliphatic rings. The van der Waals surface area contributed by atoms with Gasteiger partial charge in [0, 0.05) is 57.7 Å². The minimum atomic E-state index is -6.27. The van der Waals surface area contributed by atoms with Gasteiger partial charge in [-0.15, -0.1) is 18.9 Å². The highest BCUT2D eigenvalue weighted by Crippen LogP contribution is 2.36. The lowest BCUT2D eigenvalue weighted by atomic mass is 10.1. The topological polar surface area (TPSA) is 427 Å². The third-order valence-corrected chi connectivity index (χ3v) is 20.6. The molecule has 0 spiro atoms. The summed E-state index contributed by atoms with van der Waals surface area (Å²) in [7, 11) is -6.27. The van der Waals surface area contributed by atoms with E-state index in [1.165, 1.54) is 43.6 Å². The number of aromatic nitrogens is 14. The normalized spacial score (nSPS) is 11.1. The van der Waals surface area contributed by atoms with Crippen LogP contribution in [0.5, 0.6) is 11.5 Å². The number of carbonyl (C=O) groups excluding carboxylic acids is 3. The molecule has 40 heteroatoms. The van der Waals surface area contributed by atoms with Crippen LogP contribution in [0.4, 0.5) is 36.2 Å². The molecule has 14 aromatic rings. The van der Waals surface area contributed by atoms with E-state index in [-0.39, 0.29) is 79.7 Å². The number of halogens is 3. The number of ether oxygens (including phenoxy) is 3. The number of hydrogen-bond acceptors (Lipinski definition) is 32. The predicted molar refractivity (Wildman–Crippen MR) is 476 cm³/mol. The van der Waals surface area contributed by atoms with E-state index < -0.39 is 83.9 Å². The lowest BCUT2D eigenvalue weighted by molar-refractivity contribution is -0.0500. The fourth-order valence-corrected chi connectivity index (χ4v) is 13.7. The fraction of sp³-hybridized carbons (Fsp3) is 0.278. The molecule has 0 fully saturated rings. The summed E-state index contributed by atoms with van der Waals surface area (Å²) in [5.74, 6) is -2.98. The molecule has 0 unspecified atom stereocenters. The van der Waals surface area contributed by atoms with Crippen molar-refractivity contribution >= 4 is 95.2 Å². The first kappa shape index (κ1) is 95.2. The molecule has 0 atom stereocenters. The summed E-state index contributed by atoms with van der Waals surface area (Å²) < 4.78 is 85.4. The second kappa shape index (κ2) is 44.1. The van der Waals surface area contributed by atoms with E-state index in [9.17, 15) is 60.3 Å². The molecule has 10 aromatic heterocycles. The standard InChI is InChI=1S/C28H32N6O4.C25H28N6O2.C19H16F3N3O7S.C18H17N3O5/c1-5-33(6-2)22-14-13-21(15-29-22)16-30-25-23-19(4)31-18-32-26(23)34(27(35)24(25)28(36)37-7-3)38-17-20-11-9-8-10-12-20;1-4-30(5-2)22-12-11-20(15-27-22)14-26-21-13-23(32)31(25-24(21)18(3)28-17-29-25)33-16-19-9-7-6-8-10-19;1-3-30-18(27)14-15(32-33(28,29)19(20,21)22)13-11(2)23-10-24-16(13)25(17(14)26)31-9-12-7-5-4-6-8-12;1-3-25-18(24)14-15(22)13-11(2)19-10-20-16(13)21(17(14)23)26-9-12-7-5-4-6-8-12/h8-15,18,30H,5-7,16-17H2,1-4H3;6-13,15,17,26H,4-5,14,16H2,1-3H3;4-8,10H,3,9H2,1-2H3;4-8,10,22H,3,9H2,1-2H3. The van der Waals surface area contributed by atoms with E-state index in [1.807, 2.05) is 128 Å². The molecule has 14 rings (SSSR count). The Hall–Kier alpha value is -15.5. The first-order chi connectivity index (χ1) is 62.6. The van der Waals surface area contributed by atoms with Crippen molar-refractivity contribution in [3.8, 4) is 11.5 Å². The van der Waals surface area contributed by atoms with Gasteiger partial charge in [-0.3, -0.25) is 19.2 Å². The van der Waals surface area contributed by atoms with Gasteiger partial charge in [0.2, 0.25) is 0 Å². The van der Waals surface area contributed by atoms with Gasteiger partial charge in [0.15, 0.2) is 45.0 Å². The largest absolute Gasteiger partial charge is 0.534 e. The van der Waals surface area contributed by atoms with Gasteiger partial charge >= 0.3 is 50.2 Å². The molecule has 10 heterocycles. The zero-order chi connectivity index (χ0) is 93.3. The van der Waals surface area contributed by atoms with Crippen molar-refractivity contribution < 1.29 is 78.8 Å². The molecule has 0 aliphatic heterocycles. The van der Waals surface area contributed by atoms with Crippen molar-refractivity contribution in [2.75, 3.05) is 66.4 Å². The lowest BCUT2D eigenvalue weighted by Crippen LogP contribution is -2.35. The first-order valence-corrected chi connectivity index (χ1v) is 42.4. The van der Waals surface area contributed by atoms with Crippen molar-refractivity contribution in [1.82, 2.24) is 68.8 Å². The minimum Gasteiger partial charge on any atom is -0.506 e. The van der Waals surface area contributed by atoms with Crippen LogP contribution in [0, 0.1) is 27.7 Å². The summed E-state index contributed by atoms with van der Waals surface area (Å²) in [4.78, 5) is 160. The maximum atomic E-state index is 13.7. The third kappa shape index (κ3) is 22.5. The van der Waals surface area contributed by atoms with Gasteiger partial charge in [0.25, 0.3) is 5.56 Å². The Morgan fingerprint density at radius 3 is 1.14 bits per heavy atom. The summed E-state index contributed by atoms with van der Waals surface area (Å²) in [6, 6.07) is 46.4. The average Bonchev–Trinajstić information content (AvgIpc) is 0.746. The molecule has 0 amide bonds. The van der Waals surface area contributed by atoms with E-state index in [1.54, 1.807) is 64.2 Å². The second-order valence-electron chi connectivity index (χ2n) is 28.1. The van der Waals surface area contributed by atoms with Crippen molar-refractivity contribution in [2.45, 2.75) is 121 Å². The van der Waals surface area contributed by atoms with Crippen LogP contribution in [-0.2, 0) is 63.8 Å². The van der Waals surface area contributed by atoms with Gasteiger partial charge in [-0.05, 0) is 122 Å². The number of pyridine rings is 6. The Morgan fingerprint density at radius 2 is 0.746 bits per heavy atom. The van der Waals surface area contributed by atoms with E-state index in [0.29, 0.717) is 57.2 Å². The van der Waals surface area contributed by atoms with Crippen LogP contribution >= 0.6 is 0 Å². The van der Waals surface area contributed by atoms with Crippen LogP contribution in [0.1, 0.15) is 136 Å². The molecule has 4 aromatic carbocycles. The van der Waals surface area contributed by atoms with Gasteiger partial charge in [0.1, 0.15) is 69.1 Å². The van der Waals surface area contributed by atoms with Crippen molar-refractivity contribution in [3.63, 3.8) is 0 Å². The van der Waals surface area contributed by atoms with E-state index >= 15 is 0 Å². The Labute approximate surface area is 741 Å². The van der Waals surface area contributed by atoms with Crippen molar-refractivity contribution in [1.29, 1.82) is 0 Å². The molecule has 0 saturated carbocycles. The monoisotopic (exact) mass is 1800 g/mol. The van der Waals surface area contributed by atoms with Crippen molar-refractivity contribution in [3.05, 3.63) is 304 Å².